The van der Waals surface area contributed by atoms with E-state index in [0.717, 1.165) is 66.1 Å². The minimum atomic E-state index is -0.421. The molecule has 0 amide bonds. The average molecular weight is 657 g/mol. The SMILES string of the molecule is [2H]c1c([2H])c([2H])c(N(c2ccccc2)c2ccc(-c3cc4c5ccccc5n(-c5ccccc5)c4c4c3c3ccccc3n4-c3ccccc3)cc2)c([2H])c1[2H]. The van der Waals surface area contributed by atoms with Crippen molar-refractivity contribution in [2.24, 2.45) is 0 Å². The molecule has 0 spiro atoms. The number of aromatic nitrogens is 2. The zero-order chi connectivity index (χ0) is 38.1. The van der Waals surface area contributed by atoms with Crippen molar-refractivity contribution in [2.45, 2.75) is 0 Å². The van der Waals surface area contributed by atoms with Gasteiger partial charge in [0.15, 0.2) is 0 Å². The molecule has 0 aliphatic heterocycles. The van der Waals surface area contributed by atoms with Crippen molar-refractivity contribution in [3.8, 4) is 22.5 Å². The molecule has 0 bridgehead atoms. The number of anilines is 3. The van der Waals surface area contributed by atoms with Gasteiger partial charge in [-0.1, -0.05) is 121 Å². The zero-order valence-electron chi connectivity index (χ0n) is 32.5. The van der Waals surface area contributed by atoms with Crippen molar-refractivity contribution in [2.75, 3.05) is 4.90 Å². The van der Waals surface area contributed by atoms with E-state index >= 15 is 0 Å². The number of hydrogen-bond acceptors (Lipinski definition) is 1. The maximum Gasteiger partial charge on any atom is 0.0795 e. The molecule has 0 atom stereocenters. The number of benzene rings is 8. The van der Waals surface area contributed by atoms with E-state index in [9.17, 15) is 0 Å². The van der Waals surface area contributed by atoms with Gasteiger partial charge in [0.2, 0.25) is 0 Å². The van der Waals surface area contributed by atoms with Gasteiger partial charge in [0.25, 0.3) is 0 Å². The van der Waals surface area contributed by atoms with Gasteiger partial charge in [-0.15, -0.1) is 0 Å². The van der Waals surface area contributed by atoms with Gasteiger partial charge in [-0.3, -0.25) is 0 Å². The molecule has 2 aromatic heterocycles. The van der Waals surface area contributed by atoms with Crippen molar-refractivity contribution in [1.82, 2.24) is 9.13 Å². The number of para-hydroxylation sites is 6. The van der Waals surface area contributed by atoms with Crippen LogP contribution < -0.4 is 4.90 Å². The molecular weight excluding hydrogens is 619 g/mol. The highest BCUT2D eigenvalue weighted by atomic mass is 15.1. The van der Waals surface area contributed by atoms with Gasteiger partial charge in [0, 0.05) is 50.0 Å². The van der Waals surface area contributed by atoms with Crippen LogP contribution in [0.4, 0.5) is 17.1 Å². The second kappa shape index (κ2) is 11.9. The molecule has 10 rings (SSSR count). The number of rotatable bonds is 6. The monoisotopic (exact) mass is 656 g/mol. The van der Waals surface area contributed by atoms with Crippen LogP contribution in [0.1, 0.15) is 6.85 Å². The maximum absolute atomic E-state index is 8.87. The maximum atomic E-state index is 8.87. The predicted molar refractivity (Wildman–Crippen MR) is 215 cm³/mol. The summed E-state index contributed by atoms with van der Waals surface area (Å²) in [4.78, 5) is 1.75. The van der Waals surface area contributed by atoms with Crippen molar-refractivity contribution < 1.29 is 6.85 Å². The van der Waals surface area contributed by atoms with E-state index in [1.165, 1.54) is 0 Å². The van der Waals surface area contributed by atoms with E-state index < -0.39 is 6.04 Å². The van der Waals surface area contributed by atoms with Gasteiger partial charge in [0.1, 0.15) is 0 Å². The molecular formula is C48H33N3. The molecule has 3 heteroatoms. The van der Waals surface area contributed by atoms with E-state index in [2.05, 4.69) is 124 Å². The minimum Gasteiger partial charge on any atom is -0.311 e. The molecule has 3 nitrogen and oxygen atoms in total. The summed E-state index contributed by atoms with van der Waals surface area (Å²) in [7, 11) is 0. The molecule has 0 N–H and O–H groups in total. The van der Waals surface area contributed by atoms with Gasteiger partial charge in [-0.05, 0) is 89.9 Å². The highest BCUT2D eigenvalue weighted by Gasteiger charge is 2.24. The first-order chi connectivity index (χ1) is 27.4. The molecule has 10 aromatic rings. The van der Waals surface area contributed by atoms with E-state index in [1.807, 2.05) is 54.6 Å². The van der Waals surface area contributed by atoms with Crippen LogP contribution in [0.5, 0.6) is 0 Å². The highest BCUT2D eigenvalue weighted by molar-refractivity contribution is 6.28. The molecule has 51 heavy (non-hydrogen) atoms. The molecule has 0 saturated heterocycles. The van der Waals surface area contributed by atoms with Gasteiger partial charge in [0.05, 0.1) is 28.9 Å². The zero-order valence-corrected chi connectivity index (χ0v) is 27.5. The van der Waals surface area contributed by atoms with Crippen LogP contribution in [0, 0.1) is 0 Å². The van der Waals surface area contributed by atoms with Crippen LogP contribution in [0.15, 0.2) is 200 Å². The molecule has 2 heterocycles. The molecule has 0 unspecified atom stereocenters. The predicted octanol–water partition coefficient (Wildman–Crippen LogP) is 13.0. The van der Waals surface area contributed by atoms with Crippen LogP contribution >= 0.6 is 0 Å². The molecule has 0 aliphatic carbocycles. The van der Waals surface area contributed by atoms with E-state index in [-0.39, 0.29) is 29.9 Å². The second-order valence-electron chi connectivity index (χ2n) is 12.6. The third-order valence-corrected chi connectivity index (χ3v) is 9.76. The largest absolute Gasteiger partial charge is 0.311 e. The first-order valence-electron chi connectivity index (χ1n) is 19.5. The Morgan fingerprint density at radius 1 is 0.412 bits per heavy atom. The summed E-state index contributed by atoms with van der Waals surface area (Å²) in [5, 5.41) is 4.52. The van der Waals surface area contributed by atoms with E-state index in [4.69, 9.17) is 6.85 Å². The van der Waals surface area contributed by atoms with Crippen LogP contribution in [0.25, 0.3) is 66.1 Å². The summed E-state index contributed by atoms with van der Waals surface area (Å²) >= 11 is 0. The quantitative estimate of drug-likeness (QED) is 0.174. The van der Waals surface area contributed by atoms with Gasteiger partial charge < -0.3 is 14.0 Å². The normalized spacial score (nSPS) is 12.9. The van der Waals surface area contributed by atoms with Crippen LogP contribution in [-0.2, 0) is 0 Å². The molecule has 0 fully saturated rings. The summed E-state index contributed by atoms with van der Waals surface area (Å²) in [6, 6.07) is 56.4. The Morgan fingerprint density at radius 3 is 1.57 bits per heavy atom. The fourth-order valence-corrected chi connectivity index (χ4v) is 7.65. The van der Waals surface area contributed by atoms with Crippen molar-refractivity contribution in [3.63, 3.8) is 0 Å². The summed E-state index contributed by atoms with van der Waals surface area (Å²) in [6.45, 7) is 0. The lowest BCUT2D eigenvalue weighted by atomic mass is 9.96. The molecule has 8 aromatic carbocycles. The average Bonchev–Trinajstić information content (AvgIpc) is 3.78. The Morgan fingerprint density at radius 2 is 0.922 bits per heavy atom. The fraction of sp³-hybridized carbons (Fsp3) is 0. The summed E-state index contributed by atoms with van der Waals surface area (Å²) < 4.78 is 47.6. The number of hydrogen-bond donors (Lipinski definition) is 0. The van der Waals surface area contributed by atoms with E-state index in [0.29, 0.717) is 11.4 Å². The third kappa shape index (κ3) is 4.67. The molecule has 0 radical (unpaired) electrons. The Hall–Kier alpha value is -6.84. The first kappa shape index (κ1) is 24.3. The highest BCUT2D eigenvalue weighted by Crippen LogP contribution is 2.46. The van der Waals surface area contributed by atoms with Gasteiger partial charge >= 0.3 is 0 Å². The van der Waals surface area contributed by atoms with Crippen molar-refractivity contribution in [3.05, 3.63) is 200 Å². The van der Waals surface area contributed by atoms with Crippen molar-refractivity contribution in [1.29, 1.82) is 0 Å². The molecule has 240 valence electrons. The van der Waals surface area contributed by atoms with Gasteiger partial charge in [-0.2, -0.15) is 0 Å². The number of nitrogens with zero attached hydrogens (tertiary/aromatic N) is 3. The van der Waals surface area contributed by atoms with Crippen LogP contribution in [0.3, 0.4) is 0 Å². The first-order valence-corrected chi connectivity index (χ1v) is 17.0. The van der Waals surface area contributed by atoms with E-state index in [1.54, 1.807) is 4.90 Å². The Labute approximate surface area is 303 Å². The Bertz CT molecular complexity index is 3090. The third-order valence-electron chi connectivity index (χ3n) is 9.76. The lowest BCUT2D eigenvalue weighted by molar-refractivity contribution is 1.15. The topological polar surface area (TPSA) is 13.1 Å². The second-order valence-corrected chi connectivity index (χ2v) is 12.6. The Balaban J connectivity index is 1.29. The van der Waals surface area contributed by atoms with Crippen LogP contribution in [-0.4, -0.2) is 9.13 Å². The van der Waals surface area contributed by atoms with Crippen LogP contribution in [0.2, 0.25) is 0 Å². The van der Waals surface area contributed by atoms with Gasteiger partial charge in [-0.25, -0.2) is 0 Å². The summed E-state index contributed by atoms with van der Waals surface area (Å²) in [5.74, 6) is 0. The summed E-state index contributed by atoms with van der Waals surface area (Å²) in [5.41, 5.74) is 10.1. The van der Waals surface area contributed by atoms with Crippen molar-refractivity contribution >= 4 is 60.7 Å². The lowest BCUT2D eigenvalue weighted by Crippen LogP contribution is -2.09. The number of fused-ring (bicyclic) bond motifs is 7. The molecule has 0 aliphatic rings. The standard InChI is InChI=1S/C48H33N3/c1-5-17-35(18-6-1)49(36-19-7-2-8-20-36)39-31-29-34(30-32-39)42-33-43-40-25-13-15-27-44(40)50(37-21-9-3-10-22-37)47(43)48-46(42)41-26-14-16-28-45(41)51(48)38-23-11-4-12-24-38/h1-33H/i1D,5D,6D,17D,18D. The minimum absolute atomic E-state index is 0.0958. The Kier molecular flexibility index (Phi) is 5.69. The smallest absolute Gasteiger partial charge is 0.0795 e. The lowest BCUT2D eigenvalue weighted by Gasteiger charge is -2.25. The molecule has 0 saturated carbocycles. The fourth-order valence-electron chi connectivity index (χ4n) is 7.65. The summed E-state index contributed by atoms with van der Waals surface area (Å²) in [6.07, 6.45) is 0.